The lowest BCUT2D eigenvalue weighted by Gasteiger charge is -2.11. The first kappa shape index (κ1) is 18.2. The molecule has 0 saturated carbocycles. The number of furan rings is 1. The van der Waals surface area contributed by atoms with Crippen molar-refractivity contribution in [2.75, 3.05) is 32.5 Å². The number of nitrogens with one attached hydrogen (secondary N) is 3. The second-order valence-corrected chi connectivity index (χ2v) is 7.21. The first-order valence-corrected chi connectivity index (χ1v) is 9.30. The Labute approximate surface area is 163 Å². The maximum absolute atomic E-state index is 12.7. The third-order valence-electron chi connectivity index (χ3n) is 4.89. The molecule has 2 heterocycles. The first-order valence-electron chi connectivity index (χ1n) is 9.30. The molecule has 28 heavy (non-hydrogen) atoms. The number of likely N-dealkylation sites (N-methyl/N-ethyl adjacent to an activating group) is 1. The summed E-state index contributed by atoms with van der Waals surface area (Å²) in [6, 6.07) is 7.78. The number of nitrogens with zero attached hydrogens (tertiary/aromatic N) is 2. The predicted octanol–water partition coefficient (Wildman–Crippen LogP) is 3.18. The van der Waals surface area contributed by atoms with Gasteiger partial charge in [0.15, 0.2) is 5.58 Å². The topological polar surface area (TPSA) is 94.2 Å². The molecule has 0 saturated heterocycles. The van der Waals surface area contributed by atoms with Gasteiger partial charge in [0.1, 0.15) is 0 Å². The van der Waals surface area contributed by atoms with Gasteiger partial charge in [-0.1, -0.05) is 6.07 Å². The Balaban J connectivity index is 1.65. The molecule has 0 aliphatic heterocycles. The summed E-state index contributed by atoms with van der Waals surface area (Å²) in [5.74, 6) is -0.0153. The van der Waals surface area contributed by atoms with E-state index in [1.54, 1.807) is 12.4 Å². The molecule has 1 aliphatic rings. The highest BCUT2D eigenvalue weighted by Gasteiger charge is 2.22. The molecular weight excluding hydrogens is 354 g/mol. The highest BCUT2D eigenvalue weighted by atomic mass is 16.3. The third-order valence-corrected chi connectivity index (χ3v) is 4.89. The van der Waals surface area contributed by atoms with Crippen molar-refractivity contribution in [3.8, 4) is 0 Å². The maximum atomic E-state index is 12.7. The minimum atomic E-state index is -0.261. The van der Waals surface area contributed by atoms with E-state index < -0.39 is 0 Å². The van der Waals surface area contributed by atoms with Gasteiger partial charge >= 0.3 is 0 Å². The molecule has 1 amide bonds. The number of pyridine rings is 1. The van der Waals surface area contributed by atoms with Crippen LogP contribution in [0, 0.1) is 5.41 Å². The van der Waals surface area contributed by atoms with Crippen LogP contribution in [0.2, 0.25) is 0 Å². The van der Waals surface area contributed by atoms with E-state index >= 15 is 0 Å². The average molecular weight is 377 g/mol. The highest BCUT2D eigenvalue weighted by Crippen LogP contribution is 2.34. The minimum Gasteiger partial charge on any atom is -0.447 e. The summed E-state index contributed by atoms with van der Waals surface area (Å²) in [6.45, 7) is 1.27. The van der Waals surface area contributed by atoms with E-state index in [2.05, 4.69) is 15.6 Å². The number of aryl methyl sites for hydroxylation is 1. The van der Waals surface area contributed by atoms with Crippen LogP contribution in [0.25, 0.3) is 11.0 Å². The lowest BCUT2D eigenvalue weighted by molar-refractivity contribution is 0.0926. The summed E-state index contributed by atoms with van der Waals surface area (Å²) >= 11 is 0. The van der Waals surface area contributed by atoms with Crippen LogP contribution in [-0.4, -0.2) is 48.7 Å². The fraction of sp³-hybridized carbons (Fsp3) is 0.286. The number of carbonyl (C=O) groups excluding carboxylic acids is 1. The van der Waals surface area contributed by atoms with Crippen molar-refractivity contribution >= 4 is 34.0 Å². The standard InChI is InChI=1S/C21H23N5O2/c1-26(2)10-9-24-21(27)20-19(16-7-8-23-12-18(16)28-20)25-14-4-5-15-13(11-14)3-6-17(15)22/h4-5,7-8,11-12,22,25H,3,6,9-10H2,1-2H3,(H,24,27). The summed E-state index contributed by atoms with van der Waals surface area (Å²) < 4.78 is 5.82. The molecule has 1 aromatic carbocycles. The molecule has 0 fully saturated rings. The van der Waals surface area contributed by atoms with Gasteiger partial charge in [-0.15, -0.1) is 0 Å². The van der Waals surface area contributed by atoms with E-state index in [0.717, 1.165) is 41.6 Å². The summed E-state index contributed by atoms with van der Waals surface area (Å²) in [5.41, 5.74) is 4.91. The van der Waals surface area contributed by atoms with Crippen molar-refractivity contribution in [2.45, 2.75) is 12.8 Å². The van der Waals surface area contributed by atoms with Crippen LogP contribution in [0.3, 0.4) is 0 Å². The first-order chi connectivity index (χ1) is 13.5. The molecule has 4 rings (SSSR count). The van der Waals surface area contributed by atoms with Gasteiger partial charge in [-0.25, -0.2) is 0 Å². The number of amides is 1. The Morgan fingerprint density at radius 2 is 2.14 bits per heavy atom. The number of hydrogen-bond donors (Lipinski definition) is 3. The number of aromatic nitrogens is 1. The van der Waals surface area contributed by atoms with Crippen molar-refractivity contribution in [3.63, 3.8) is 0 Å². The molecule has 0 atom stereocenters. The van der Waals surface area contributed by atoms with Gasteiger partial charge in [-0.05, 0) is 56.3 Å². The van der Waals surface area contributed by atoms with Crippen LogP contribution in [0.15, 0.2) is 41.1 Å². The van der Waals surface area contributed by atoms with Gasteiger partial charge in [-0.3, -0.25) is 9.78 Å². The van der Waals surface area contributed by atoms with Gasteiger partial charge in [0, 0.05) is 36.1 Å². The molecule has 0 unspecified atom stereocenters. The summed E-state index contributed by atoms with van der Waals surface area (Å²) in [6.07, 6.45) is 4.94. The van der Waals surface area contributed by atoms with Gasteiger partial charge in [0.2, 0.25) is 5.76 Å². The predicted molar refractivity (Wildman–Crippen MR) is 110 cm³/mol. The molecule has 0 spiro atoms. The number of fused-ring (bicyclic) bond motifs is 2. The van der Waals surface area contributed by atoms with Crippen molar-refractivity contribution in [2.24, 2.45) is 0 Å². The monoisotopic (exact) mass is 377 g/mol. The highest BCUT2D eigenvalue weighted by molar-refractivity contribution is 6.07. The Morgan fingerprint density at radius 1 is 1.29 bits per heavy atom. The van der Waals surface area contributed by atoms with Crippen molar-refractivity contribution in [1.29, 1.82) is 5.41 Å². The smallest absolute Gasteiger partial charge is 0.289 e. The molecule has 0 radical (unpaired) electrons. The number of carbonyl (C=O) groups is 1. The Hall–Kier alpha value is -3.19. The van der Waals surface area contributed by atoms with Gasteiger partial charge in [0.25, 0.3) is 5.91 Å². The fourth-order valence-electron chi connectivity index (χ4n) is 3.42. The van der Waals surface area contributed by atoms with E-state index in [1.165, 1.54) is 0 Å². The van der Waals surface area contributed by atoms with Crippen LogP contribution in [0.1, 0.15) is 28.1 Å². The zero-order chi connectivity index (χ0) is 19.7. The summed E-state index contributed by atoms with van der Waals surface area (Å²) in [4.78, 5) is 18.8. The van der Waals surface area contributed by atoms with E-state index in [4.69, 9.17) is 9.83 Å². The van der Waals surface area contributed by atoms with Crippen LogP contribution in [0.4, 0.5) is 11.4 Å². The van der Waals surface area contributed by atoms with Crippen LogP contribution in [0.5, 0.6) is 0 Å². The van der Waals surface area contributed by atoms with Gasteiger partial charge < -0.3 is 25.4 Å². The number of benzene rings is 1. The fourth-order valence-corrected chi connectivity index (χ4v) is 3.42. The molecule has 7 heteroatoms. The van der Waals surface area contributed by atoms with Gasteiger partial charge in [-0.2, -0.15) is 0 Å². The van der Waals surface area contributed by atoms with Crippen LogP contribution >= 0.6 is 0 Å². The average Bonchev–Trinajstić information content (AvgIpc) is 3.22. The normalized spacial score (nSPS) is 13.2. The Bertz CT molecular complexity index is 1050. The second kappa shape index (κ2) is 7.44. The summed E-state index contributed by atoms with van der Waals surface area (Å²) in [7, 11) is 3.92. The molecule has 144 valence electrons. The number of rotatable bonds is 6. The van der Waals surface area contributed by atoms with Crippen molar-refractivity contribution in [3.05, 3.63) is 53.5 Å². The quantitative estimate of drug-likeness (QED) is 0.613. The number of hydrogen-bond acceptors (Lipinski definition) is 6. The Morgan fingerprint density at radius 3 is 2.96 bits per heavy atom. The minimum absolute atomic E-state index is 0.245. The van der Waals surface area contributed by atoms with Crippen LogP contribution < -0.4 is 10.6 Å². The molecule has 3 aromatic rings. The molecular formula is C21H23N5O2. The van der Waals surface area contributed by atoms with E-state index in [0.29, 0.717) is 23.5 Å². The molecule has 0 bridgehead atoms. The van der Waals surface area contributed by atoms with E-state index in [-0.39, 0.29) is 11.7 Å². The third kappa shape index (κ3) is 3.48. The summed E-state index contributed by atoms with van der Waals surface area (Å²) in [5, 5.41) is 15.1. The van der Waals surface area contributed by atoms with Crippen molar-refractivity contribution < 1.29 is 9.21 Å². The van der Waals surface area contributed by atoms with E-state index in [1.807, 2.05) is 43.3 Å². The Kier molecular flexibility index (Phi) is 4.83. The zero-order valence-corrected chi connectivity index (χ0v) is 16.0. The number of anilines is 2. The molecule has 7 nitrogen and oxygen atoms in total. The molecule has 2 aromatic heterocycles. The SMILES string of the molecule is CN(C)CCNC(=O)c1oc2cnccc2c1Nc1ccc2c(c1)CCC2=N. The zero-order valence-electron chi connectivity index (χ0n) is 16.0. The van der Waals surface area contributed by atoms with Crippen LogP contribution in [-0.2, 0) is 6.42 Å². The van der Waals surface area contributed by atoms with Crippen molar-refractivity contribution in [1.82, 2.24) is 15.2 Å². The lowest BCUT2D eigenvalue weighted by atomic mass is 10.1. The molecule has 1 aliphatic carbocycles. The van der Waals surface area contributed by atoms with E-state index in [9.17, 15) is 4.79 Å². The largest absolute Gasteiger partial charge is 0.447 e. The molecule has 3 N–H and O–H groups in total. The maximum Gasteiger partial charge on any atom is 0.289 e. The second-order valence-electron chi connectivity index (χ2n) is 7.21. The lowest BCUT2D eigenvalue weighted by Crippen LogP contribution is -2.31. The van der Waals surface area contributed by atoms with Gasteiger partial charge in [0.05, 0.1) is 11.9 Å².